The Kier molecular flexibility index (Phi) is 9.84. The number of aryl methyl sites for hydroxylation is 1. The van der Waals surface area contributed by atoms with Crippen molar-refractivity contribution >= 4 is 18.3 Å². The number of nitrogens with one attached hydrogen (secondary N) is 2. The minimum atomic E-state index is -0.0310. The summed E-state index contributed by atoms with van der Waals surface area (Å²) < 4.78 is 5.90. The molecular formula is C16H27ClN2O2. The van der Waals surface area contributed by atoms with E-state index in [9.17, 15) is 4.79 Å². The fourth-order valence-corrected chi connectivity index (χ4v) is 1.94. The van der Waals surface area contributed by atoms with Crippen molar-refractivity contribution in [3.05, 3.63) is 29.8 Å². The van der Waals surface area contributed by atoms with Gasteiger partial charge in [0.2, 0.25) is 5.91 Å². The predicted octanol–water partition coefficient (Wildman–Crippen LogP) is 2.55. The number of amides is 1. The van der Waals surface area contributed by atoms with Gasteiger partial charge in [0.1, 0.15) is 11.9 Å². The molecule has 2 unspecified atom stereocenters. The molecule has 0 fully saturated rings. The van der Waals surface area contributed by atoms with E-state index >= 15 is 0 Å². The lowest BCUT2D eigenvalue weighted by Gasteiger charge is -2.20. The molecule has 0 spiro atoms. The van der Waals surface area contributed by atoms with Gasteiger partial charge in [0, 0.05) is 12.5 Å². The number of rotatable bonds is 8. The molecule has 5 heteroatoms. The Morgan fingerprint density at radius 3 is 2.62 bits per heavy atom. The molecule has 1 amide bonds. The van der Waals surface area contributed by atoms with E-state index in [1.807, 2.05) is 45.2 Å². The summed E-state index contributed by atoms with van der Waals surface area (Å²) in [6, 6.07) is 7.97. The third-order valence-electron chi connectivity index (χ3n) is 3.21. The molecule has 0 heterocycles. The van der Waals surface area contributed by atoms with Gasteiger partial charge in [-0.05, 0) is 38.1 Å². The maximum atomic E-state index is 11.9. The molecule has 1 rings (SSSR count). The fraction of sp³-hybridized carbons (Fsp3) is 0.562. The summed E-state index contributed by atoms with van der Waals surface area (Å²) in [6.45, 7) is 7.23. The lowest BCUT2D eigenvalue weighted by atomic mass is 10.1. The highest BCUT2D eigenvalue weighted by atomic mass is 35.5. The van der Waals surface area contributed by atoms with Crippen LogP contribution >= 0.6 is 12.4 Å². The minimum absolute atomic E-state index is 0. The van der Waals surface area contributed by atoms with E-state index in [0.717, 1.165) is 12.2 Å². The molecule has 0 saturated carbocycles. The lowest BCUT2D eigenvalue weighted by molar-refractivity contribution is -0.124. The van der Waals surface area contributed by atoms with E-state index in [0.29, 0.717) is 13.1 Å². The summed E-state index contributed by atoms with van der Waals surface area (Å²) in [6.07, 6.45) is 0.858. The Morgan fingerprint density at radius 1 is 1.33 bits per heavy atom. The number of carbonyl (C=O) groups excluding carboxylic acids is 1. The second kappa shape index (κ2) is 10.5. The quantitative estimate of drug-likeness (QED) is 0.775. The van der Waals surface area contributed by atoms with E-state index in [1.165, 1.54) is 5.56 Å². The van der Waals surface area contributed by atoms with Crippen LogP contribution in [0, 0.1) is 12.8 Å². The maximum absolute atomic E-state index is 11.9. The molecule has 0 bridgehead atoms. The molecule has 21 heavy (non-hydrogen) atoms. The third kappa shape index (κ3) is 7.34. The van der Waals surface area contributed by atoms with Gasteiger partial charge in [0.25, 0.3) is 0 Å². The van der Waals surface area contributed by atoms with Crippen LogP contribution in [0.25, 0.3) is 0 Å². The first-order valence-electron chi connectivity index (χ1n) is 7.22. The highest BCUT2D eigenvalue weighted by molar-refractivity contribution is 5.85. The van der Waals surface area contributed by atoms with Gasteiger partial charge >= 0.3 is 0 Å². The number of benzene rings is 1. The van der Waals surface area contributed by atoms with Gasteiger partial charge in [0.05, 0.1) is 6.54 Å². The number of carbonyl (C=O) groups is 1. The largest absolute Gasteiger partial charge is 0.489 e. The van der Waals surface area contributed by atoms with Crippen molar-refractivity contribution in [2.45, 2.75) is 33.3 Å². The Morgan fingerprint density at radius 2 is 2.05 bits per heavy atom. The van der Waals surface area contributed by atoms with Crippen molar-refractivity contribution in [3.8, 4) is 5.75 Å². The van der Waals surface area contributed by atoms with Crippen LogP contribution in [0.1, 0.15) is 25.8 Å². The van der Waals surface area contributed by atoms with Crippen LogP contribution in [-0.4, -0.2) is 32.1 Å². The Hall–Kier alpha value is -1.26. The van der Waals surface area contributed by atoms with E-state index in [4.69, 9.17) is 4.74 Å². The molecule has 0 aliphatic carbocycles. The van der Waals surface area contributed by atoms with Crippen LogP contribution in [0.15, 0.2) is 24.3 Å². The minimum Gasteiger partial charge on any atom is -0.489 e. The lowest BCUT2D eigenvalue weighted by Crippen LogP contribution is -2.40. The van der Waals surface area contributed by atoms with E-state index in [-0.39, 0.29) is 30.3 Å². The Labute approximate surface area is 134 Å². The molecule has 0 aliphatic rings. The normalized spacial score (nSPS) is 13.0. The molecule has 1 aromatic carbocycles. The summed E-state index contributed by atoms with van der Waals surface area (Å²) in [5.74, 6) is 0.886. The predicted molar refractivity (Wildman–Crippen MR) is 89.2 cm³/mol. The van der Waals surface area contributed by atoms with Crippen molar-refractivity contribution in [1.82, 2.24) is 10.6 Å². The zero-order valence-electron chi connectivity index (χ0n) is 13.3. The highest BCUT2D eigenvalue weighted by Crippen LogP contribution is 2.15. The fourth-order valence-electron chi connectivity index (χ4n) is 1.94. The monoisotopic (exact) mass is 314 g/mol. The summed E-state index contributed by atoms with van der Waals surface area (Å²) in [5, 5.41) is 5.95. The molecule has 0 aliphatic heterocycles. The van der Waals surface area contributed by atoms with Gasteiger partial charge in [-0.1, -0.05) is 26.0 Å². The Bertz CT molecular complexity index is 426. The van der Waals surface area contributed by atoms with Gasteiger partial charge < -0.3 is 15.4 Å². The Balaban J connectivity index is 0.00000400. The van der Waals surface area contributed by atoms with Gasteiger partial charge in [-0.2, -0.15) is 0 Å². The summed E-state index contributed by atoms with van der Waals surface area (Å²) in [4.78, 5) is 11.9. The summed E-state index contributed by atoms with van der Waals surface area (Å²) in [5.41, 5.74) is 1.17. The first-order chi connectivity index (χ1) is 9.56. The molecule has 0 saturated heterocycles. The topological polar surface area (TPSA) is 50.4 Å². The van der Waals surface area contributed by atoms with Gasteiger partial charge in [0.15, 0.2) is 0 Å². The summed E-state index contributed by atoms with van der Waals surface area (Å²) in [7, 11) is 1.85. The van der Waals surface area contributed by atoms with Gasteiger partial charge in [-0.3, -0.25) is 4.79 Å². The third-order valence-corrected chi connectivity index (χ3v) is 3.21. The van der Waals surface area contributed by atoms with Crippen LogP contribution in [0.2, 0.25) is 0 Å². The molecule has 120 valence electrons. The molecule has 0 radical (unpaired) electrons. The molecule has 0 aromatic heterocycles. The molecular weight excluding hydrogens is 288 g/mol. The van der Waals surface area contributed by atoms with Crippen molar-refractivity contribution in [2.24, 2.45) is 5.92 Å². The van der Waals surface area contributed by atoms with Crippen LogP contribution in [0.3, 0.4) is 0 Å². The van der Waals surface area contributed by atoms with Crippen molar-refractivity contribution in [1.29, 1.82) is 0 Å². The number of hydrogen-bond donors (Lipinski definition) is 2. The van der Waals surface area contributed by atoms with E-state index < -0.39 is 0 Å². The zero-order chi connectivity index (χ0) is 15.0. The SMILES string of the molecule is CCC(CNC(=O)C(C)CNC)Oc1cccc(C)c1.Cl. The number of ether oxygens (including phenoxy) is 1. The molecule has 2 atom stereocenters. The van der Waals surface area contributed by atoms with Crippen molar-refractivity contribution < 1.29 is 9.53 Å². The first kappa shape index (κ1) is 19.7. The maximum Gasteiger partial charge on any atom is 0.224 e. The van der Waals surface area contributed by atoms with E-state index in [2.05, 4.69) is 17.6 Å². The number of hydrogen-bond acceptors (Lipinski definition) is 3. The zero-order valence-corrected chi connectivity index (χ0v) is 14.1. The van der Waals surface area contributed by atoms with Crippen LogP contribution in [0.5, 0.6) is 5.75 Å². The molecule has 2 N–H and O–H groups in total. The van der Waals surface area contributed by atoms with Crippen LogP contribution < -0.4 is 15.4 Å². The van der Waals surface area contributed by atoms with Gasteiger partial charge in [-0.15, -0.1) is 12.4 Å². The smallest absolute Gasteiger partial charge is 0.224 e. The summed E-state index contributed by atoms with van der Waals surface area (Å²) >= 11 is 0. The van der Waals surface area contributed by atoms with Crippen molar-refractivity contribution in [2.75, 3.05) is 20.1 Å². The van der Waals surface area contributed by atoms with Crippen LogP contribution in [-0.2, 0) is 4.79 Å². The molecule has 4 nitrogen and oxygen atoms in total. The van der Waals surface area contributed by atoms with Crippen LogP contribution in [0.4, 0.5) is 0 Å². The average molecular weight is 315 g/mol. The van der Waals surface area contributed by atoms with E-state index in [1.54, 1.807) is 0 Å². The average Bonchev–Trinajstić information content (AvgIpc) is 2.43. The molecule has 1 aromatic rings. The standard InChI is InChI=1S/C16H26N2O2.ClH/c1-5-14(11-18-16(19)13(3)10-17-4)20-15-8-6-7-12(2)9-15;/h6-9,13-14,17H,5,10-11H2,1-4H3,(H,18,19);1H. The first-order valence-corrected chi connectivity index (χ1v) is 7.22. The second-order valence-corrected chi connectivity index (χ2v) is 5.17. The highest BCUT2D eigenvalue weighted by Gasteiger charge is 2.14. The second-order valence-electron chi connectivity index (χ2n) is 5.17. The van der Waals surface area contributed by atoms with Gasteiger partial charge in [-0.25, -0.2) is 0 Å². The van der Waals surface area contributed by atoms with Crippen molar-refractivity contribution in [3.63, 3.8) is 0 Å². The number of halogens is 1.